The standard InChI is InChI=1S/C21H23N3O/c1-15-7-8-20(16(2)11-15)23-21(25)14-24(3)13-18-6-4-5-17-12-22-10-9-19(17)18/h4-12H,13-14H2,1-3H3,(H,23,25). The third kappa shape index (κ3) is 4.22. The fraction of sp³-hybridized carbons (Fsp3) is 0.238. The smallest absolute Gasteiger partial charge is 0.238 e. The second-order valence-electron chi connectivity index (χ2n) is 6.55. The van der Waals surface area contributed by atoms with E-state index >= 15 is 0 Å². The van der Waals surface area contributed by atoms with Crippen LogP contribution >= 0.6 is 0 Å². The molecule has 1 N–H and O–H groups in total. The second-order valence-corrected chi connectivity index (χ2v) is 6.55. The predicted molar refractivity (Wildman–Crippen MR) is 103 cm³/mol. The average Bonchev–Trinajstić information content (AvgIpc) is 2.57. The highest BCUT2D eigenvalue weighted by atomic mass is 16.2. The number of hydrogen-bond acceptors (Lipinski definition) is 3. The number of rotatable bonds is 5. The Balaban J connectivity index is 1.65. The van der Waals surface area contributed by atoms with E-state index in [9.17, 15) is 4.79 Å². The van der Waals surface area contributed by atoms with Gasteiger partial charge < -0.3 is 5.32 Å². The summed E-state index contributed by atoms with van der Waals surface area (Å²) >= 11 is 0. The number of fused-ring (bicyclic) bond motifs is 1. The van der Waals surface area contributed by atoms with E-state index in [1.807, 2.05) is 56.3 Å². The molecule has 0 aliphatic heterocycles. The Kier molecular flexibility index (Phi) is 5.10. The monoisotopic (exact) mass is 333 g/mol. The van der Waals surface area contributed by atoms with Crippen LogP contribution in [0.25, 0.3) is 10.8 Å². The normalized spacial score (nSPS) is 11.0. The minimum absolute atomic E-state index is 0.00337. The zero-order valence-corrected chi connectivity index (χ0v) is 14.9. The summed E-state index contributed by atoms with van der Waals surface area (Å²) in [4.78, 5) is 18.5. The Morgan fingerprint density at radius 3 is 2.80 bits per heavy atom. The van der Waals surface area contributed by atoms with Gasteiger partial charge in [0.15, 0.2) is 0 Å². The summed E-state index contributed by atoms with van der Waals surface area (Å²) in [5, 5.41) is 5.30. The number of carbonyl (C=O) groups excluding carboxylic acids is 1. The maximum Gasteiger partial charge on any atom is 0.238 e. The highest BCUT2D eigenvalue weighted by Crippen LogP contribution is 2.19. The maximum atomic E-state index is 12.4. The van der Waals surface area contributed by atoms with Crippen LogP contribution in [-0.2, 0) is 11.3 Å². The van der Waals surface area contributed by atoms with Crippen LogP contribution in [-0.4, -0.2) is 29.4 Å². The third-order valence-corrected chi connectivity index (χ3v) is 4.28. The van der Waals surface area contributed by atoms with Crippen molar-refractivity contribution in [2.45, 2.75) is 20.4 Å². The van der Waals surface area contributed by atoms with E-state index in [0.29, 0.717) is 13.1 Å². The van der Waals surface area contributed by atoms with Crippen molar-refractivity contribution in [3.8, 4) is 0 Å². The molecule has 0 unspecified atom stereocenters. The van der Waals surface area contributed by atoms with Crippen LogP contribution in [0.3, 0.4) is 0 Å². The van der Waals surface area contributed by atoms with Gasteiger partial charge in [0.05, 0.1) is 6.54 Å². The fourth-order valence-corrected chi connectivity index (χ4v) is 3.06. The van der Waals surface area contributed by atoms with Gasteiger partial charge in [-0.3, -0.25) is 14.7 Å². The first-order chi connectivity index (χ1) is 12.0. The van der Waals surface area contributed by atoms with Crippen LogP contribution < -0.4 is 5.32 Å². The molecule has 3 rings (SSSR count). The van der Waals surface area contributed by atoms with Crippen molar-refractivity contribution in [1.82, 2.24) is 9.88 Å². The number of likely N-dealkylation sites (N-methyl/N-ethyl adjacent to an activating group) is 1. The number of anilines is 1. The maximum absolute atomic E-state index is 12.4. The molecule has 0 saturated heterocycles. The molecule has 4 heteroatoms. The number of nitrogens with one attached hydrogen (secondary N) is 1. The second kappa shape index (κ2) is 7.45. The molecule has 2 aromatic carbocycles. The zero-order valence-electron chi connectivity index (χ0n) is 14.9. The van der Waals surface area contributed by atoms with Gasteiger partial charge in [0.2, 0.25) is 5.91 Å². The predicted octanol–water partition coefficient (Wildman–Crippen LogP) is 3.92. The van der Waals surface area contributed by atoms with E-state index in [4.69, 9.17) is 0 Å². The lowest BCUT2D eigenvalue weighted by Gasteiger charge is -2.18. The van der Waals surface area contributed by atoms with E-state index < -0.39 is 0 Å². The quantitative estimate of drug-likeness (QED) is 0.770. The number of benzene rings is 2. The summed E-state index contributed by atoms with van der Waals surface area (Å²) in [7, 11) is 1.96. The molecule has 3 aromatic rings. The van der Waals surface area contributed by atoms with Gasteiger partial charge in [-0.2, -0.15) is 0 Å². The Labute approximate surface area is 148 Å². The van der Waals surface area contributed by atoms with Gasteiger partial charge in [-0.15, -0.1) is 0 Å². The van der Waals surface area contributed by atoms with Gasteiger partial charge in [0, 0.05) is 30.0 Å². The molecule has 0 bridgehead atoms. The lowest BCUT2D eigenvalue weighted by Crippen LogP contribution is -2.30. The lowest BCUT2D eigenvalue weighted by atomic mass is 10.1. The first-order valence-electron chi connectivity index (χ1n) is 8.40. The van der Waals surface area contributed by atoms with Crippen molar-refractivity contribution in [2.75, 3.05) is 18.9 Å². The first kappa shape index (κ1) is 17.1. The molecule has 0 atom stereocenters. The van der Waals surface area contributed by atoms with E-state index in [-0.39, 0.29) is 5.91 Å². The molecule has 0 aliphatic rings. The SMILES string of the molecule is Cc1ccc(NC(=O)CN(C)Cc2cccc3cnccc23)c(C)c1. The minimum Gasteiger partial charge on any atom is -0.325 e. The number of hydrogen-bond donors (Lipinski definition) is 1. The van der Waals surface area contributed by atoms with Crippen LogP contribution in [0.4, 0.5) is 5.69 Å². The summed E-state index contributed by atoms with van der Waals surface area (Å²) in [6.07, 6.45) is 3.67. The molecule has 0 saturated carbocycles. The average molecular weight is 333 g/mol. The Morgan fingerprint density at radius 1 is 1.16 bits per heavy atom. The van der Waals surface area contributed by atoms with Crippen molar-refractivity contribution >= 4 is 22.4 Å². The van der Waals surface area contributed by atoms with Crippen LogP contribution in [0, 0.1) is 13.8 Å². The topological polar surface area (TPSA) is 45.2 Å². The molecule has 25 heavy (non-hydrogen) atoms. The number of amides is 1. The van der Waals surface area contributed by atoms with Gasteiger partial charge >= 0.3 is 0 Å². The van der Waals surface area contributed by atoms with Crippen LogP contribution in [0.5, 0.6) is 0 Å². The number of pyridine rings is 1. The summed E-state index contributed by atoms with van der Waals surface area (Å²) in [5.74, 6) is -0.00337. The van der Waals surface area contributed by atoms with E-state index in [0.717, 1.165) is 16.6 Å². The van der Waals surface area contributed by atoms with Gasteiger partial charge in [0.1, 0.15) is 0 Å². The van der Waals surface area contributed by atoms with Gasteiger partial charge in [0.25, 0.3) is 0 Å². The summed E-state index contributed by atoms with van der Waals surface area (Å²) in [5.41, 5.74) is 4.34. The molecule has 0 aliphatic carbocycles. The summed E-state index contributed by atoms with van der Waals surface area (Å²) in [6.45, 7) is 5.11. The molecule has 4 nitrogen and oxygen atoms in total. The van der Waals surface area contributed by atoms with Crippen molar-refractivity contribution in [3.05, 3.63) is 71.5 Å². The van der Waals surface area contributed by atoms with Gasteiger partial charge in [-0.25, -0.2) is 0 Å². The largest absolute Gasteiger partial charge is 0.325 e. The number of aryl methyl sites for hydroxylation is 2. The van der Waals surface area contributed by atoms with Crippen molar-refractivity contribution in [1.29, 1.82) is 0 Å². The van der Waals surface area contributed by atoms with Crippen LogP contribution in [0.1, 0.15) is 16.7 Å². The third-order valence-electron chi connectivity index (χ3n) is 4.28. The van der Waals surface area contributed by atoms with Crippen molar-refractivity contribution in [3.63, 3.8) is 0 Å². The minimum atomic E-state index is -0.00337. The molecular weight excluding hydrogens is 310 g/mol. The van der Waals surface area contributed by atoms with E-state index in [1.165, 1.54) is 16.5 Å². The summed E-state index contributed by atoms with van der Waals surface area (Å²) < 4.78 is 0. The molecule has 0 spiro atoms. The molecule has 0 radical (unpaired) electrons. The summed E-state index contributed by atoms with van der Waals surface area (Å²) in [6, 6.07) is 14.2. The highest BCUT2D eigenvalue weighted by Gasteiger charge is 2.10. The van der Waals surface area contributed by atoms with Gasteiger partial charge in [-0.1, -0.05) is 35.9 Å². The molecule has 1 aromatic heterocycles. The Hall–Kier alpha value is -2.72. The molecule has 0 fully saturated rings. The van der Waals surface area contributed by atoms with E-state index in [2.05, 4.69) is 28.5 Å². The van der Waals surface area contributed by atoms with Crippen molar-refractivity contribution < 1.29 is 4.79 Å². The zero-order chi connectivity index (χ0) is 17.8. The van der Waals surface area contributed by atoms with Crippen LogP contribution in [0.15, 0.2) is 54.9 Å². The molecule has 1 heterocycles. The number of nitrogens with zero attached hydrogens (tertiary/aromatic N) is 2. The van der Waals surface area contributed by atoms with Crippen molar-refractivity contribution in [2.24, 2.45) is 0 Å². The Bertz CT molecular complexity index is 899. The Morgan fingerprint density at radius 2 is 2.00 bits per heavy atom. The molecule has 1 amide bonds. The first-order valence-corrected chi connectivity index (χ1v) is 8.40. The van der Waals surface area contributed by atoms with Gasteiger partial charge in [-0.05, 0) is 49.5 Å². The van der Waals surface area contributed by atoms with Crippen LogP contribution in [0.2, 0.25) is 0 Å². The highest BCUT2D eigenvalue weighted by molar-refractivity contribution is 5.93. The number of aromatic nitrogens is 1. The number of carbonyl (C=O) groups is 1. The molecule has 128 valence electrons. The lowest BCUT2D eigenvalue weighted by molar-refractivity contribution is -0.117. The fourth-order valence-electron chi connectivity index (χ4n) is 3.06. The molecular formula is C21H23N3O. The van der Waals surface area contributed by atoms with E-state index in [1.54, 1.807) is 6.20 Å².